The van der Waals surface area contributed by atoms with Gasteiger partial charge in [-0.25, -0.2) is 4.79 Å². The third-order valence-corrected chi connectivity index (χ3v) is 3.28. The first-order valence-corrected chi connectivity index (χ1v) is 6.30. The van der Waals surface area contributed by atoms with Crippen LogP contribution in [0.1, 0.15) is 12.0 Å². The molecule has 0 spiro atoms. The molecular weight excluding hydrogens is 244 g/mol. The predicted molar refractivity (Wildman–Crippen MR) is 71.9 cm³/mol. The molecule has 0 bridgehead atoms. The number of nitrogens with zero attached hydrogens (tertiary/aromatic N) is 1. The van der Waals surface area contributed by atoms with Gasteiger partial charge in [0.05, 0.1) is 13.0 Å². The summed E-state index contributed by atoms with van der Waals surface area (Å²) in [5.74, 6) is -0.445. The molecule has 0 aromatic heterocycles. The lowest BCUT2D eigenvalue weighted by molar-refractivity contribution is -0.144. The molecule has 1 aromatic carbocycles. The van der Waals surface area contributed by atoms with Gasteiger partial charge in [0.25, 0.3) is 0 Å². The number of nitrogens with one attached hydrogen (secondary N) is 1. The van der Waals surface area contributed by atoms with Crippen LogP contribution < -0.4 is 5.32 Å². The fourth-order valence-electron chi connectivity index (χ4n) is 2.23. The van der Waals surface area contributed by atoms with E-state index < -0.39 is 0 Å². The SMILES string of the molecule is COC(=O)C1CCN(C(=O)Nc2cccc(C)c2)C1. The standard InChI is InChI=1S/C14H18N2O3/c1-10-4-3-5-12(8-10)15-14(18)16-7-6-11(9-16)13(17)19-2/h3-5,8,11H,6-7,9H2,1-2H3,(H,15,18). The Bertz CT molecular complexity index is 487. The van der Waals surface area contributed by atoms with Crippen molar-refractivity contribution in [2.75, 3.05) is 25.5 Å². The Kier molecular flexibility index (Phi) is 4.04. The molecule has 0 saturated carbocycles. The number of carbonyl (C=O) groups is 2. The minimum absolute atomic E-state index is 0.169. The average Bonchev–Trinajstić information content (AvgIpc) is 2.87. The van der Waals surface area contributed by atoms with Gasteiger partial charge >= 0.3 is 12.0 Å². The number of ether oxygens (including phenoxy) is 1. The molecule has 2 rings (SSSR count). The molecule has 102 valence electrons. The van der Waals surface area contributed by atoms with Crippen molar-refractivity contribution in [2.24, 2.45) is 5.92 Å². The van der Waals surface area contributed by atoms with Crippen LogP contribution in [0.3, 0.4) is 0 Å². The van der Waals surface area contributed by atoms with Crippen LogP contribution in [0.15, 0.2) is 24.3 Å². The summed E-state index contributed by atoms with van der Waals surface area (Å²) in [6.07, 6.45) is 0.661. The Labute approximate surface area is 112 Å². The Morgan fingerprint density at radius 1 is 1.42 bits per heavy atom. The summed E-state index contributed by atoms with van der Waals surface area (Å²) in [6, 6.07) is 7.45. The van der Waals surface area contributed by atoms with Crippen LogP contribution in [0.25, 0.3) is 0 Å². The number of hydrogen-bond donors (Lipinski definition) is 1. The summed E-state index contributed by atoms with van der Waals surface area (Å²) in [4.78, 5) is 25.1. The zero-order valence-electron chi connectivity index (χ0n) is 11.2. The van der Waals surface area contributed by atoms with E-state index in [1.54, 1.807) is 4.90 Å². The van der Waals surface area contributed by atoms with Gasteiger partial charge in [0.2, 0.25) is 0 Å². The van der Waals surface area contributed by atoms with E-state index >= 15 is 0 Å². The van der Waals surface area contributed by atoms with Gasteiger partial charge in [-0.3, -0.25) is 4.79 Å². The highest BCUT2D eigenvalue weighted by atomic mass is 16.5. The van der Waals surface area contributed by atoms with Crippen LogP contribution in [0.4, 0.5) is 10.5 Å². The van der Waals surface area contributed by atoms with Gasteiger partial charge in [0, 0.05) is 18.8 Å². The zero-order chi connectivity index (χ0) is 13.8. The van der Waals surface area contributed by atoms with Crippen LogP contribution in [-0.2, 0) is 9.53 Å². The molecule has 1 heterocycles. The number of hydrogen-bond acceptors (Lipinski definition) is 3. The molecule has 1 fully saturated rings. The molecule has 1 aromatic rings. The minimum Gasteiger partial charge on any atom is -0.469 e. The summed E-state index contributed by atoms with van der Waals surface area (Å²) < 4.78 is 4.70. The Morgan fingerprint density at radius 2 is 2.21 bits per heavy atom. The number of esters is 1. The first-order valence-electron chi connectivity index (χ1n) is 6.30. The normalized spacial score (nSPS) is 18.2. The van der Waals surface area contributed by atoms with E-state index in [0.717, 1.165) is 11.3 Å². The first-order chi connectivity index (χ1) is 9.10. The third-order valence-electron chi connectivity index (χ3n) is 3.28. The van der Waals surface area contributed by atoms with Crippen LogP contribution in [0, 0.1) is 12.8 Å². The lowest BCUT2D eigenvalue weighted by Crippen LogP contribution is -2.33. The molecule has 1 atom stereocenters. The van der Waals surface area contributed by atoms with E-state index in [1.807, 2.05) is 31.2 Å². The van der Waals surface area contributed by atoms with Crippen molar-refractivity contribution in [3.63, 3.8) is 0 Å². The van der Waals surface area contributed by atoms with Crippen molar-refractivity contribution in [2.45, 2.75) is 13.3 Å². The number of amides is 2. The molecule has 1 aliphatic heterocycles. The summed E-state index contributed by atoms with van der Waals surface area (Å²) in [5.41, 5.74) is 1.86. The number of rotatable bonds is 2. The van der Waals surface area contributed by atoms with E-state index in [9.17, 15) is 9.59 Å². The largest absolute Gasteiger partial charge is 0.469 e. The second-order valence-corrected chi connectivity index (χ2v) is 4.75. The number of anilines is 1. The molecule has 19 heavy (non-hydrogen) atoms. The lowest BCUT2D eigenvalue weighted by atomic mass is 10.1. The number of likely N-dealkylation sites (tertiary alicyclic amines) is 1. The van der Waals surface area contributed by atoms with Crippen LogP contribution in [0.5, 0.6) is 0 Å². The van der Waals surface area contributed by atoms with Crippen LogP contribution in [0.2, 0.25) is 0 Å². The maximum atomic E-state index is 12.0. The number of carbonyl (C=O) groups excluding carboxylic acids is 2. The maximum Gasteiger partial charge on any atom is 0.321 e. The number of methoxy groups -OCH3 is 1. The minimum atomic E-state index is -0.245. The Hall–Kier alpha value is -2.04. The van der Waals surface area contributed by atoms with E-state index in [0.29, 0.717) is 19.5 Å². The van der Waals surface area contributed by atoms with E-state index in [2.05, 4.69) is 5.32 Å². The fraction of sp³-hybridized carbons (Fsp3) is 0.429. The van der Waals surface area contributed by atoms with Gasteiger partial charge in [-0.2, -0.15) is 0 Å². The number of benzene rings is 1. The first kappa shape index (κ1) is 13.4. The monoisotopic (exact) mass is 262 g/mol. The quantitative estimate of drug-likeness (QED) is 0.829. The van der Waals surface area contributed by atoms with Crippen molar-refractivity contribution in [3.05, 3.63) is 29.8 Å². The summed E-state index contributed by atoms with van der Waals surface area (Å²) in [7, 11) is 1.37. The van der Waals surface area contributed by atoms with E-state index in [-0.39, 0.29) is 17.9 Å². The molecule has 5 nitrogen and oxygen atoms in total. The molecule has 0 radical (unpaired) electrons. The van der Waals surface area contributed by atoms with Crippen molar-refractivity contribution in [3.8, 4) is 0 Å². The molecule has 1 aliphatic rings. The summed E-state index contributed by atoms with van der Waals surface area (Å²) in [6.45, 7) is 2.97. The van der Waals surface area contributed by atoms with Crippen molar-refractivity contribution in [1.29, 1.82) is 0 Å². The van der Waals surface area contributed by atoms with E-state index in [4.69, 9.17) is 4.74 Å². The van der Waals surface area contributed by atoms with E-state index in [1.165, 1.54) is 7.11 Å². The smallest absolute Gasteiger partial charge is 0.321 e. The topological polar surface area (TPSA) is 58.6 Å². The van der Waals surface area contributed by atoms with Gasteiger partial charge < -0.3 is 15.0 Å². The summed E-state index contributed by atoms with van der Waals surface area (Å²) in [5, 5.41) is 2.84. The molecule has 5 heteroatoms. The Balaban J connectivity index is 1.93. The van der Waals surface area contributed by atoms with Gasteiger partial charge in [0.1, 0.15) is 0 Å². The highest BCUT2D eigenvalue weighted by molar-refractivity contribution is 5.90. The maximum absolute atomic E-state index is 12.0. The second-order valence-electron chi connectivity index (χ2n) is 4.75. The van der Waals surface area contributed by atoms with Crippen molar-refractivity contribution in [1.82, 2.24) is 4.90 Å². The Morgan fingerprint density at radius 3 is 2.89 bits per heavy atom. The number of urea groups is 1. The predicted octanol–water partition coefficient (Wildman–Crippen LogP) is 2.02. The fourth-order valence-corrected chi connectivity index (χ4v) is 2.23. The molecule has 1 N–H and O–H groups in total. The highest BCUT2D eigenvalue weighted by Crippen LogP contribution is 2.19. The number of aryl methyl sites for hydroxylation is 1. The van der Waals surface area contributed by atoms with Gasteiger partial charge in [-0.1, -0.05) is 12.1 Å². The molecule has 0 aliphatic carbocycles. The highest BCUT2D eigenvalue weighted by Gasteiger charge is 2.31. The lowest BCUT2D eigenvalue weighted by Gasteiger charge is -2.17. The van der Waals surface area contributed by atoms with Crippen molar-refractivity contribution >= 4 is 17.7 Å². The molecule has 2 amide bonds. The average molecular weight is 262 g/mol. The third kappa shape index (κ3) is 3.24. The molecule has 1 saturated heterocycles. The van der Waals surface area contributed by atoms with Gasteiger partial charge in [-0.05, 0) is 31.0 Å². The van der Waals surface area contributed by atoms with Gasteiger partial charge in [-0.15, -0.1) is 0 Å². The van der Waals surface area contributed by atoms with Gasteiger partial charge in [0.15, 0.2) is 0 Å². The summed E-state index contributed by atoms with van der Waals surface area (Å²) >= 11 is 0. The van der Waals surface area contributed by atoms with Crippen LogP contribution in [-0.4, -0.2) is 37.1 Å². The zero-order valence-corrected chi connectivity index (χ0v) is 11.2. The molecule has 1 unspecified atom stereocenters. The van der Waals surface area contributed by atoms with Crippen LogP contribution >= 0.6 is 0 Å². The van der Waals surface area contributed by atoms with Crippen molar-refractivity contribution < 1.29 is 14.3 Å². The second kappa shape index (κ2) is 5.73. The molecular formula is C14H18N2O3.